The minimum atomic E-state index is -0.678. The van der Waals surface area contributed by atoms with Gasteiger partial charge in [0.15, 0.2) is 0 Å². The van der Waals surface area contributed by atoms with Gasteiger partial charge >= 0.3 is 0 Å². The van der Waals surface area contributed by atoms with Gasteiger partial charge < -0.3 is 10.5 Å². The molecule has 2 N–H and O–H groups in total. The molecule has 1 aromatic heterocycles. The molecule has 0 radical (unpaired) electrons. The van der Waals surface area contributed by atoms with E-state index in [2.05, 4.69) is 114 Å². The monoisotopic (exact) mass is 457 g/mol. The maximum atomic E-state index is 6.29. The molecule has 0 aliphatic carbocycles. The van der Waals surface area contributed by atoms with E-state index in [0.29, 0.717) is 13.2 Å². The van der Waals surface area contributed by atoms with Crippen molar-refractivity contribution in [2.24, 2.45) is 0 Å². The SMILES string of the molecule is Nc1ccc2c(c1)c(C1=CCOCC1)nn2C(c1ccccc1)(c1ccccc1)c1ccccc1. The van der Waals surface area contributed by atoms with Crippen molar-refractivity contribution in [2.75, 3.05) is 18.9 Å². The number of nitrogen functional groups attached to an aromatic ring is 1. The molecule has 0 atom stereocenters. The van der Waals surface area contributed by atoms with Crippen molar-refractivity contribution in [1.29, 1.82) is 0 Å². The standard InChI is InChI=1S/C31H27N3O/c32-27-16-17-29-28(22-27)30(23-18-20-35-21-19-23)33-34(29)31(24-10-4-1-5-11-24,25-12-6-2-7-13-25)26-14-8-3-9-15-26/h1-18,22H,19-21,32H2. The fourth-order valence-electron chi connectivity index (χ4n) is 5.28. The molecular formula is C31H27N3O. The molecule has 0 amide bonds. The van der Waals surface area contributed by atoms with Crippen molar-refractivity contribution < 1.29 is 4.74 Å². The zero-order valence-electron chi connectivity index (χ0n) is 19.5. The third-order valence-corrected chi connectivity index (χ3v) is 6.86. The summed E-state index contributed by atoms with van der Waals surface area (Å²) in [4.78, 5) is 0. The molecule has 0 unspecified atom stereocenters. The van der Waals surface area contributed by atoms with Gasteiger partial charge in [0.25, 0.3) is 0 Å². The maximum absolute atomic E-state index is 6.29. The zero-order chi connectivity index (χ0) is 23.7. The van der Waals surface area contributed by atoms with Crippen LogP contribution in [0.2, 0.25) is 0 Å². The highest BCUT2D eigenvalue weighted by molar-refractivity contribution is 5.93. The molecule has 1 aliphatic heterocycles. The zero-order valence-corrected chi connectivity index (χ0v) is 19.5. The van der Waals surface area contributed by atoms with Gasteiger partial charge in [-0.2, -0.15) is 5.10 Å². The van der Waals surface area contributed by atoms with Crippen LogP contribution in [-0.2, 0) is 10.3 Å². The Kier molecular flexibility index (Phi) is 5.44. The predicted octanol–water partition coefficient (Wildman–Crippen LogP) is 6.26. The molecule has 4 aromatic carbocycles. The summed E-state index contributed by atoms with van der Waals surface area (Å²) < 4.78 is 7.81. The number of anilines is 1. The largest absolute Gasteiger partial charge is 0.399 e. The van der Waals surface area contributed by atoms with E-state index in [9.17, 15) is 0 Å². The second kappa shape index (κ2) is 8.90. The van der Waals surface area contributed by atoms with E-state index >= 15 is 0 Å². The van der Waals surface area contributed by atoms with Gasteiger partial charge in [-0.05, 0) is 46.9 Å². The molecule has 2 heterocycles. The summed E-state index contributed by atoms with van der Waals surface area (Å²) >= 11 is 0. The van der Waals surface area contributed by atoms with Gasteiger partial charge in [-0.1, -0.05) is 97.1 Å². The molecule has 0 saturated heterocycles. The Morgan fingerprint density at radius 3 is 1.83 bits per heavy atom. The molecule has 0 fully saturated rings. The van der Waals surface area contributed by atoms with E-state index in [1.807, 2.05) is 6.07 Å². The number of benzene rings is 4. The summed E-state index contributed by atoms with van der Waals surface area (Å²) in [7, 11) is 0. The predicted molar refractivity (Wildman–Crippen MR) is 142 cm³/mol. The lowest BCUT2D eigenvalue weighted by Gasteiger charge is -2.37. The molecule has 172 valence electrons. The van der Waals surface area contributed by atoms with Gasteiger partial charge in [-0.25, -0.2) is 4.68 Å². The number of ether oxygens (including phenoxy) is 1. The quantitative estimate of drug-likeness (QED) is 0.250. The summed E-state index contributed by atoms with van der Waals surface area (Å²) in [6, 6.07) is 38.0. The van der Waals surface area contributed by atoms with E-state index in [4.69, 9.17) is 15.6 Å². The van der Waals surface area contributed by atoms with E-state index in [-0.39, 0.29) is 0 Å². The average Bonchev–Trinajstić information content (AvgIpc) is 3.30. The molecule has 4 nitrogen and oxygen atoms in total. The molecule has 0 bridgehead atoms. The third-order valence-electron chi connectivity index (χ3n) is 6.86. The van der Waals surface area contributed by atoms with E-state index < -0.39 is 5.54 Å². The van der Waals surface area contributed by atoms with Gasteiger partial charge in [0, 0.05) is 11.1 Å². The Bertz CT molecular complexity index is 1390. The van der Waals surface area contributed by atoms with Crippen LogP contribution in [0.3, 0.4) is 0 Å². The average molecular weight is 458 g/mol. The molecular weight excluding hydrogens is 430 g/mol. The molecule has 6 rings (SSSR count). The van der Waals surface area contributed by atoms with Crippen LogP contribution in [0.4, 0.5) is 5.69 Å². The highest BCUT2D eigenvalue weighted by Gasteiger charge is 2.41. The Balaban J connectivity index is 1.77. The van der Waals surface area contributed by atoms with E-state index in [0.717, 1.165) is 45.4 Å². The second-order valence-electron chi connectivity index (χ2n) is 8.90. The highest BCUT2D eigenvalue weighted by Crippen LogP contribution is 2.43. The van der Waals surface area contributed by atoms with Gasteiger partial charge in [0.1, 0.15) is 5.54 Å². The third kappa shape index (κ3) is 3.54. The molecule has 4 heteroatoms. The number of aromatic nitrogens is 2. The lowest BCUT2D eigenvalue weighted by atomic mass is 9.77. The number of nitrogens with two attached hydrogens (primary N) is 1. The first-order valence-electron chi connectivity index (χ1n) is 12.0. The first-order valence-corrected chi connectivity index (χ1v) is 12.0. The molecule has 0 spiro atoms. The molecule has 5 aromatic rings. The van der Waals surface area contributed by atoms with Crippen molar-refractivity contribution in [1.82, 2.24) is 9.78 Å². The van der Waals surface area contributed by atoms with Crippen LogP contribution in [0.15, 0.2) is 115 Å². The van der Waals surface area contributed by atoms with E-state index in [1.54, 1.807) is 0 Å². The number of fused-ring (bicyclic) bond motifs is 1. The summed E-state index contributed by atoms with van der Waals surface area (Å²) in [5, 5.41) is 6.45. The van der Waals surface area contributed by atoms with Crippen molar-refractivity contribution in [3.05, 3.63) is 138 Å². The number of hydrogen-bond acceptors (Lipinski definition) is 3. The summed E-state index contributed by atoms with van der Waals surface area (Å²) in [5.41, 5.74) is 13.0. The molecule has 35 heavy (non-hydrogen) atoms. The van der Waals surface area contributed by atoms with Gasteiger partial charge in [0.2, 0.25) is 0 Å². The van der Waals surface area contributed by atoms with Crippen LogP contribution in [0, 0.1) is 0 Å². The summed E-state index contributed by atoms with van der Waals surface area (Å²) in [5.74, 6) is 0. The topological polar surface area (TPSA) is 53.1 Å². The normalized spacial score (nSPS) is 14.1. The highest BCUT2D eigenvalue weighted by atomic mass is 16.5. The summed E-state index contributed by atoms with van der Waals surface area (Å²) in [6.45, 7) is 1.30. The minimum Gasteiger partial charge on any atom is -0.399 e. The van der Waals surface area contributed by atoms with Crippen LogP contribution in [0.25, 0.3) is 16.5 Å². The van der Waals surface area contributed by atoms with Crippen molar-refractivity contribution in [3.63, 3.8) is 0 Å². The number of hydrogen-bond donors (Lipinski definition) is 1. The maximum Gasteiger partial charge on any atom is 0.138 e. The Labute approximate surface area is 205 Å². The van der Waals surface area contributed by atoms with Crippen LogP contribution in [0.1, 0.15) is 28.8 Å². The number of nitrogens with zero attached hydrogens (tertiary/aromatic N) is 2. The Morgan fingerprint density at radius 1 is 0.743 bits per heavy atom. The van der Waals surface area contributed by atoms with Gasteiger partial charge in [-0.3, -0.25) is 0 Å². The second-order valence-corrected chi connectivity index (χ2v) is 8.90. The number of rotatable bonds is 5. The fourth-order valence-corrected chi connectivity index (χ4v) is 5.28. The molecule has 0 saturated carbocycles. The van der Waals surface area contributed by atoms with Gasteiger partial charge in [0.05, 0.1) is 24.4 Å². The van der Waals surface area contributed by atoms with Crippen molar-refractivity contribution in [3.8, 4) is 0 Å². The van der Waals surface area contributed by atoms with Crippen LogP contribution in [-0.4, -0.2) is 23.0 Å². The fraction of sp³-hybridized carbons (Fsp3) is 0.129. The van der Waals surface area contributed by atoms with Gasteiger partial charge in [-0.15, -0.1) is 0 Å². The van der Waals surface area contributed by atoms with Crippen LogP contribution >= 0.6 is 0 Å². The van der Waals surface area contributed by atoms with Crippen molar-refractivity contribution in [2.45, 2.75) is 12.0 Å². The van der Waals surface area contributed by atoms with Crippen LogP contribution in [0.5, 0.6) is 0 Å². The van der Waals surface area contributed by atoms with E-state index in [1.165, 1.54) is 5.57 Å². The smallest absolute Gasteiger partial charge is 0.138 e. The lowest BCUT2D eigenvalue weighted by molar-refractivity contribution is 0.161. The Morgan fingerprint density at radius 2 is 1.31 bits per heavy atom. The van der Waals surface area contributed by atoms with Crippen molar-refractivity contribution >= 4 is 22.2 Å². The van der Waals surface area contributed by atoms with Crippen LogP contribution < -0.4 is 5.73 Å². The molecule has 1 aliphatic rings. The first-order chi connectivity index (χ1) is 17.3. The minimum absolute atomic E-state index is 0.604. The Hall–Kier alpha value is -4.15. The lowest BCUT2D eigenvalue weighted by Crippen LogP contribution is -2.38. The summed E-state index contributed by atoms with van der Waals surface area (Å²) in [6.07, 6.45) is 2.98. The first kappa shape index (κ1) is 21.4.